The Balaban J connectivity index is 0.00000208. The molecule has 1 atom stereocenters. The molecule has 0 saturated carbocycles. The highest BCUT2D eigenvalue weighted by atomic mass is 35.5. The maximum absolute atomic E-state index is 12.9. The molecule has 2 heterocycles. The predicted molar refractivity (Wildman–Crippen MR) is 97.7 cm³/mol. The van der Waals surface area contributed by atoms with Gasteiger partial charge in [-0.25, -0.2) is 0 Å². The van der Waals surface area contributed by atoms with E-state index in [1.807, 2.05) is 41.8 Å². The van der Waals surface area contributed by atoms with Crippen LogP contribution in [0.4, 0.5) is 0 Å². The summed E-state index contributed by atoms with van der Waals surface area (Å²) in [7, 11) is 1.93. The van der Waals surface area contributed by atoms with Crippen molar-refractivity contribution in [2.45, 2.75) is 32.4 Å². The summed E-state index contributed by atoms with van der Waals surface area (Å²) in [5.41, 5.74) is 2.85. The van der Waals surface area contributed by atoms with Gasteiger partial charge in [0.15, 0.2) is 0 Å². The van der Waals surface area contributed by atoms with Crippen molar-refractivity contribution in [3.63, 3.8) is 0 Å². The average molecular weight is 349 g/mol. The van der Waals surface area contributed by atoms with Crippen molar-refractivity contribution in [1.29, 1.82) is 0 Å². The first-order valence-electron chi connectivity index (χ1n) is 8.22. The average Bonchev–Trinajstić information content (AvgIpc) is 3.16. The van der Waals surface area contributed by atoms with Crippen molar-refractivity contribution < 1.29 is 4.79 Å². The van der Waals surface area contributed by atoms with E-state index in [0.29, 0.717) is 12.6 Å². The van der Waals surface area contributed by atoms with Crippen LogP contribution >= 0.6 is 12.4 Å². The van der Waals surface area contributed by atoms with E-state index in [2.05, 4.69) is 22.5 Å². The van der Waals surface area contributed by atoms with Gasteiger partial charge in [0.1, 0.15) is 0 Å². The smallest absolute Gasteiger partial charge is 0.257 e. The van der Waals surface area contributed by atoms with Crippen molar-refractivity contribution in [3.8, 4) is 0 Å². The second-order valence-electron chi connectivity index (χ2n) is 6.14. The summed E-state index contributed by atoms with van der Waals surface area (Å²) in [4.78, 5) is 14.9. The molecular formula is C18H25ClN4O. The number of halogens is 1. The zero-order chi connectivity index (χ0) is 16.2. The SMILES string of the molecule is CNCC1CCCN1C(=O)c1cnn(Cc2ccccc2)c1C.Cl. The number of nitrogens with one attached hydrogen (secondary N) is 1. The first kappa shape index (κ1) is 18.5. The van der Waals surface area contributed by atoms with E-state index in [9.17, 15) is 4.79 Å². The standard InChI is InChI=1S/C18H24N4O.ClH/c1-14-17(18(23)21-10-6-9-16(21)11-19-2)12-20-22(14)13-15-7-4-3-5-8-15;/h3-5,7-8,12,16,19H,6,9-11,13H2,1-2H3;1H. The monoisotopic (exact) mass is 348 g/mol. The van der Waals surface area contributed by atoms with Gasteiger partial charge in [-0.3, -0.25) is 9.48 Å². The van der Waals surface area contributed by atoms with Crippen molar-refractivity contribution >= 4 is 18.3 Å². The fraction of sp³-hybridized carbons (Fsp3) is 0.444. The van der Waals surface area contributed by atoms with Crippen LogP contribution in [-0.4, -0.2) is 46.8 Å². The molecule has 2 aromatic rings. The topological polar surface area (TPSA) is 50.2 Å². The lowest BCUT2D eigenvalue weighted by atomic mass is 10.2. The molecule has 1 amide bonds. The maximum atomic E-state index is 12.9. The zero-order valence-electron chi connectivity index (χ0n) is 14.2. The fourth-order valence-electron chi connectivity index (χ4n) is 3.28. The van der Waals surface area contributed by atoms with E-state index < -0.39 is 0 Å². The summed E-state index contributed by atoms with van der Waals surface area (Å²) in [6.07, 6.45) is 3.87. The predicted octanol–water partition coefficient (Wildman–Crippen LogP) is 2.49. The van der Waals surface area contributed by atoms with Crippen molar-refractivity contribution in [1.82, 2.24) is 20.0 Å². The Morgan fingerprint density at radius 1 is 1.33 bits per heavy atom. The van der Waals surface area contributed by atoms with Gasteiger partial charge in [-0.05, 0) is 32.4 Å². The number of likely N-dealkylation sites (tertiary alicyclic amines) is 1. The molecule has 130 valence electrons. The molecule has 3 rings (SSSR count). The van der Waals surface area contributed by atoms with Crippen molar-refractivity contribution in [2.75, 3.05) is 20.1 Å². The molecule has 1 aromatic carbocycles. The lowest BCUT2D eigenvalue weighted by molar-refractivity contribution is 0.0736. The van der Waals surface area contributed by atoms with Gasteiger partial charge < -0.3 is 10.2 Å². The maximum Gasteiger partial charge on any atom is 0.257 e. The van der Waals surface area contributed by atoms with Crippen LogP contribution < -0.4 is 5.32 Å². The number of rotatable bonds is 5. The molecule has 1 aromatic heterocycles. The lowest BCUT2D eigenvalue weighted by Gasteiger charge is -2.24. The van der Waals surface area contributed by atoms with Crippen LogP contribution in [0.15, 0.2) is 36.5 Å². The first-order valence-corrected chi connectivity index (χ1v) is 8.22. The minimum Gasteiger partial charge on any atom is -0.334 e. The normalized spacial score (nSPS) is 16.9. The molecule has 24 heavy (non-hydrogen) atoms. The molecule has 1 aliphatic heterocycles. The first-order chi connectivity index (χ1) is 11.2. The molecule has 0 aliphatic carbocycles. The minimum absolute atomic E-state index is 0. The molecule has 0 radical (unpaired) electrons. The van der Waals surface area contributed by atoms with E-state index in [1.54, 1.807) is 6.20 Å². The Hall–Kier alpha value is -1.85. The summed E-state index contributed by atoms with van der Waals surface area (Å²) in [6.45, 7) is 4.36. The molecule has 0 bridgehead atoms. The Bertz CT molecular complexity index is 671. The molecule has 5 nitrogen and oxygen atoms in total. The molecular weight excluding hydrogens is 324 g/mol. The van der Waals surface area contributed by atoms with Gasteiger partial charge >= 0.3 is 0 Å². The molecule has 1 saturated heterocycles. The van der Waals surface area contributed by atoms with E-state index >= 15 is 0 Å². The number of hydrogen-bond donors (Lipinski definition) is 1. The third kappa shape index (κ3) is 3.79. The highest BCUT2D eigenvalue weighted by Gasteiger charge is 2.30. The van der Waals surface area contributed by atoms with Gasteiger partial charge in [-0.15, -0.1) is 12.4 Å². The quantitative estimate of drug-likeness (QED) is 0.903. The lowest BCUT2D eigenvalue weighted by Crippen LogP contribution is -2.41. The van der Waals surface area contributed by atoms with Gasteiger partial charge in [0, 0.05) is 24.8 Å². The van der Waals surface area contributed by atoms with Gasteiger partial charge in [-0.2, -0.15) is 5.10 Å². The second-order valence-corrected chi connectivity index (χ2v) is 6.14. The number of benzene rings is 1. The Labute approximate surface area is 149 Å². The highest BCUT2D eigenvalue weighted by Crippen LogP contribution is 2.21. The Morgan fingerprint density at radius 2 is 2.08 bits per heavy atom. The van der Waals surface area contributed by atoms with Crippen LogP contribution in [0.5, 0.6) is 0 Å². The zero-order valence-corrected chi connectivity index (χ0v) is 15.1. The van der Waals surface area contributed by atoms with Gasteiger partial charge in [0.25, 0.3) is 5.91 Å². The number of carbonyl (C=O) groups excluding carboxylic acids is 1. The van der Waals surface area contributed by atoms with Crippen LogP contribution in [-0.2, 0) is 6.54 Å². The summed E-state index contributed by atoms with van der Waals surface area (Å²) >= 11 is 0. The Kier molecular flexibility index (Phi) is 6.40. The molecule has 0 spiro atoms. The second kappa shape index (κ2) is 8.31. The van der Waals surface area contributed by atoms with Crippen LogP contribution in [0.1, 0.15) is 34.5 Å². The van der Waals surface area contributed by atoms with Crippen LogP contribution in [0.2, 0.25) is 0 Å². The van der Waals surface area contributed by atoms with Crippen LogP contribution in [0.25, 0.3) is 0 Å². The van der Waals surface area contributed by atoms with E-state index in [4.69, 9.17) is 0 Å². The Morgan fingerprint density at radius 3 is 2.79 bits per heavy atom. The van der Waals surface area contributed by atoms with Gasteiger partial charge in [0.05, 0.1) is 18.3 Å². The van der Waals surface area contributed by atoms with Crippen LogP contribution in [0, 0.1) is 6.92 Å². The van der Waals surface area contributed by atoms with E-state index in [0.717, 1.165) is 37.2 Å². The van der Waals surface area contributed by atoms with Gasteiger partial charge in [0.2, 0.25) is 0 Å². The van der Waals surface area contributed by atoms with Crippen molar-refractivity contribution in [3.05, 3.63) is 53.3 Å². The third-order valence-electron chi connectivity index (χ3n) is 4.59. The number of amides is 1. The van der Waals surface area contributed by atoms with Crippen molar-refractivity contribution in [2.24, 2.45) is 0 Å². The molecule has 6 heteroatoms. The number of aromatic nitrogens is 2. The van der Waals surface area contributed by atoms with Gasteiger partial charge in [-0.1, -0.05) is 30.3 Å². The van der Waals surface area contributed by atoms with Crippen LogP contribution in [0.3, 0.4) is 0 Å². The highest BCUT2D eigenvalue weighted by molar-refractivity contribution is 5.95. The minimum atomic E-state index is 0. The summed E-state index contributed by atoms with van der Waals surface area (Å²) in [5, 5.41) is 7.61. The third-order valence-corrected chi connectivity index (χ3v) is 4.59. The summed E-state index contributed by atoms with van der Waals surface area (Å²) in [6, 6.07) is 10.5. The summed E-state index contributed by atoms with van der Waals surface area (Å²) < 4.78 is 1.91. The summed E-state index contributed by atoms with van der Waals surface area (Å²) in [5.74, 6) is 0.111. The number of likely N-dealkylation sites (N-methyl/N-ethyl adjacent to an activating group) is 1. The fourth-order valence-corrected chi connectivity index (χ4v) is 3.28. The molecule has 1 N–H and O–H groups in total. The van der Waals surface area contributed by atoms with E-state index in [1.165, 1.54) is 5.56 Å². The molecule has 1 fully saturated rings. The molecule has 1 aliphatic rings. The number of nitrogens with zero attached hydrogens (tertiary/aromatic N) is 3. The number of hydrogen-bond acceptors (Lipinski definition) is 3. The number of carbonyl (C=O) groups is 1. The largest absolute Gasteiger partial charge is 0.334 e. The van der Waals surface area contributed by atoms with E-state index in [-0.39, 0.29) is 18.3 Å². The molecule has 1 unspecified atom stereocenters.